The number of nitrogens with one attached hydrogen (secondary N) is 2. The number of hydrogen-bond acceptors (Lipinski definition) is 5. The van der Waals surface area contributed by atoms with Gasteiger partial charge >= 0.3 is 0 Å². The van der Waals surface area contributed by atoms with E-state index in [9.17, 15) is 8.78 Å². The van der Waals surface area contributed by atoms with Gasteiger partial charge in [-0.3, -0.25) is 0 Å². The molecule has 0 amide bonds. The van der Waals surface area contributed by atoms with E-state index in [-0.39, 0.29) is 23.0 Å². The van der Waals surface area contributed by atoms with Gasteiger partial charge in [-0.05, 0) is 30.3 Å². The van der Waals surface area contributed by atoms with Crippen molar-refractivity contribution in [3.8, 4) is 0 Å². The van der Waals surface area contributed by atoms with E-state index in [0.29, 0.717) is 15.7 Å². The summed E-state index contributed by atoms with van der Waals surface area (Å²) in [7, 11) is 0. The van der Waals surface area contributed by atoms with E-state index in [0.717, 1.165) is 12.1 Å². The Bertz CT molecular complexity index is 936. The third-order valence-electron chi connectivity index (χ3n) is 3.25. The van der Waals surface area contributed by atoms with Crippen molar-refractivity contribution in [2.75, 3.05) is 16.4 Å². The van der Waals surface area contributed by atoms with Gasteiger partial charge in [-0.1, -0.05) is 23.2 Å². The number of rotatable bonds is 4. The zero-order valence-corrected chi connectivity index (χ0v) is 14.0. The lowest BCUT2D eigenvalue weighted by molar-refractivity contribution is 0.586. The average molecular weight is 382 g/mol. The first-order valence-corrected chi connectivity index (χ1v) is 7.74. The molecule has 128 valence electrons. The van der Waals surface area contributed by atoms with Crippen LogP contribution in [0.2, 0.25) is 10.0 Å². The summed E-state index contributed by atoms with van der Waals surface area (Å²) in [6.45, 7) is 0. The number of nitrogens with zero attached hydrogens (tertiary/aromatic N) is 2. The van der Waals surface area contributed by atoms with Crippen LogP contribution in [0.1, 0.15) is 0 Å². The summed E-state index contributed by atoms with van der Waals surface area (Å²) < 4.78 is 26.8. The van der Waals surface area contributed by atoms with Crippen LogP contribution < -0.4 is 16.4 Å². The van der Waals surface area contributed by atoms with Crippen molar-refractivity contribution in [3.05, 3.63) is 64.4 Å². The Labute approximate surface area is 151 Å². The van der Waals surface area contributed by atoms with Crippen LogP contribution in [0, 0.1) is 11.6 Å². The highest BCUT2D eigenvalue weighted by Gasteiger charge is 2.12. The quantitative estimate of drug-likeness (QED) is 0.583. The van der Waals surface area contributed by atoms with Gasteiger partial charge in [0.15, 0.2) is 11.6 Å². The summed E-state index contributed by atoms with van der Waals surface area (Å²) in [4.78, 5) is 8.01. The van der Waals surface area contributed by atoms with Gasteiger partial charge in [0.2, 0.25) is 0 Å². The van der Waals surface area contributed by atoms with Crippen molar-refractivity contribution in [3.63, 3.8) is 0 Å². The first-order chi connectivity index (χ1) is 11.9. The fraction of sp³-hybridized carbons (Fsp3) is 0. The largest absolute Gasteiger partial charge is 0.393 e. The molecule has 3 rings (SSSR count). The lowest BCUT2D eigenvalue weighted by Crippen LogP contribution is -2.06. The van der Waals surface area contributed by atoms with Crippen LogP contribution >= 0.6 is 23.2 Å². The fourth-order valence-electron chi connectivity index (χ4n) is 2.03. The topological polar surface area (TPSA) is 75.9 Å². The highest BCUT2D eigenvalue weighted by Crippen LogP contribution is 2.32. The van der Waals surface area contributed by atoms with Gasteiger partial charge in [0.25, 0.3) is 0 Å². The summed E-state index contributed by atoms with van der Waals surface area (Å²) >= 11 is 12.0. The van der Waals surface area contributed by atoms with Gasteiger partial charge in [-0.2, -0.15) is 0 Å². The van der Waals surface area contributed by atoms with Gasteiger partial charge < -0.3 is 16.4 Å². The maximum absolute atomic E-state index is 13.8. The Morgan fingerprint density at radius 1 is 0.880 bits per heavy atom. The molecule has 2 aromatic carbocycles. The fourth-order valence-corrected chi connectivity index (χ4v) is 2.37. The minimum Gasteiger partial charge on any atom is -0.393 e. The normalized spacial score (nSPS) is 10.6. The number of anilines is 5. The minimum atomic E-state index is -0.773. The predicted octanol–water partition coefficient (Wildman–Crippen LogP) is 5.13. The second-order valence-electron chi connectivity index (χ2n) is 4.98. The molecule has 0 spiro atoms. The van der Waals surface area contributed by atoms with Crippen LogP contribution in [-0.2, 0) is 0 Å². The van der Waals surface area contributed by atoms with Crippen LogP contribution in [0.15, 0.2) is 42.7 Å². The Kier molecular flexibility index (Phi) is 4.87. The maximum atomic E-state index is 13.8. The van der Waals surface area contributed by atoms with Gasteiger partial charge in [0.1, 0.15) is 23.6 Å². The van der Waals surface area contributed by atoms with Crippen LogP contribution in [0.4, 0.5) is 37.5 Å². The number of halogens is 4. The van der Waals surface area contributed by atoms with E-state index in [1.807, 2.05) is 0 Å². The lowest BCUT2D eigenvalue weighted by atomic mass is 10.3. The van der Waals surface area contributed by atoms with Gasteiger partial charge in [0.05, 0.1) is 16.4 Å². The Hall–Kier alpha value is -2.64. The highest BCUT2D eigenvalue weighted by molar-refractivity contribution is 6.35. The molecule has 0 unspecified atom stereocenters. The molecule has 9 heteroatoms. The van der Waals surface area contributed by atoms with Crippen molar-refractivity contribution in [1.82, 2.24) is 9.97 Å². The SMILES string of the molecule is Nc1c(Nc2ccc(F)cc2F)ncnc1Nc1cc(Cl)ccc1Cl. The van der Waals surface area contributed by atoms with E-state index in [2.05, 4.69) is 20.6 Å². The third kappa shape index (κ3) is 3.89. The average Bonchev–Trinajstić information content (AvgIpc) is 2.57. The predicted molar refractivity (Wildman–Crippen MR) is 95.8 cm³/mol. The van der Waals surface area contributed by atoms with Gasteiger partial charge in [0, 0.05) is 11.1 Å². The van der Waals surface area contributed by atoms with Crippen molar-refractivity contribution >= 4 is 51.9 Å². The van der Waals surface area contributed by atoms with E-state index < -0.39 is 11.6 Å². The molecule has 3 aromatic rings. The van der Waals surface area contributed by atoms with Crippen LogP contribution in [0.3, 0.4) is 0 Å². The van der Waals surface area contributed by atoms with E-state index in [1.165, 1.54) is 12.4 Å². The van der Waals surface area contributed by atoms with E-state index in [4.69, 9.17) is 28.9 Å². The highest BCUT2D eigenvalue weighted by atomic mass is 35.5. The third-order valence-corrected chi connectivity index (χ3v) is 3.81. The maximum Gasteiger partial charge on any atom is 0.159 e. The number of aromatic nitrogens is 2. The molecular weight excluding hydrogens is 371 g/mol. The molecule has 1 heterocycles. The summed E-state index contributed by atoms with van der Waals surface area (Å²) in [5.74, 6) is -1.05. The summed E-state index contributed by atoms with van der Waals surface area (Å²) in [6, 6.07) is 7.99. The Morgan fingerprint density at radius 2 is 1.56 bits per heavy atom. The first-order valence-electron chi connectivity index (χ1n) is 6.98. The van der Waals surface area contributed by atoms with Crippen molar-refractivity contribution in [2.45, 2.75) is 0 Å². The Balaban J connectivity index is 1.91. The number of nitrogens with two attached hydrogens (primary N) is 1. The van der Waals surface area contributed by atoms with E-state index in [1.54, 1.807) is 18.2 Å². The summed E-state index contributed by atoms with van der Waals surface area (Å²) in [6.07, 6.45) is 1.24. The number of benzene rings is 2. The van der Waals surface area contributed by atoms with Crippen LogP contribution in [-0.4, -0.2) is 9.97 Å². The molecule has 0 aliphatic rings. The molecule has 5 nitrogen and oxygen atoms in total. The van der Waals surface area contributed by atoms with Crippen LogP contribution in [0.5, 0.6) is 0 Å². The molecule has 4 N–H and O–H groups in total. The van der Waals surface area contributed by atoms with Crippen LogP contribution in [0.25, 0.3) is 0 Å². The summed E-state index contributed by atoms with van der Waals surface area (Å²) in [5.41, 5.74) is 6.68. The second-order valence-corrected chi connectivity index (χ2v) is 5.83. The second kappa shape index (κ2) is 7.08. The molecule has 25 heavy (non-hydrogen) atoms. The Morgan fingerprint density at radius 3 is 2.24 bits per heavy atom. The molecule has 0 atom stereocenters. The molecule has 0 aliphatic carbocycles. The molecule has 0 saturated heterocycles. The van der Waals surface area contributed by atoms with Crippen molar-refractivity contribution < 1.29 is 8.78 Å². The number of hydrogen-bond donors (Lipinski definition) is 3. The van der Waals surface area contributed by atoms with E-state index >= 15 is 0 Å². The molecular formula is C16H11Cl2F2N5. The lowest BCUT2D eigenvalue weighted by Gasteiger charge is -2.14. The molecule has 0 fully saturated rings. The molecule has 0 saturated carbocycles. The summed E-state index contributed by atoms with van der Waals surface area (Å²) in [5, 5.41) is 6.54. The molecule has 0 bridgehead atoms. The first kappa shape index (κ1) is 17.2. The smallest absolute Gasteiger partial charge is 0.159 e. The van der Waals surface area contributed by atoms with Gasteiger partial charge in [-0.15, -0.1) is 0 Å². The van der Waals surface area contributed by atoms with Crippen molar-refractivity contribution in [1.29, 1.82) is 0 Å². The van der Waals surface area contributed by atoms with Gasteiger partial charge in [-0.25, -0.2) is 18.7 Å². The zero-order chi connectivity index (χ0) is 18.0. The zero-order valence-electron chi connectivity index (χ0n) is 12.5. The molecule has 0 aliphatic heterocycles. The van der Waals surface area contributed by atoms with Crippen molar-refractivity contribution in [2.24, 2.45) is 0 Å². The molecule has 0 radical (unpaired) electrons. The number of nitrogen functional groups attached to an aromatic ring is 1. The molecule has 1 aromatic heterocycles. The minimum absolute atomic E-state index is 0.0264. The monoisotopic (exact) mass is 381 g/mol. The standard InChI is InChI=1S/C16H11Cl2F2N5/c17-8-1-3-10(18)13(5-8)25-16-14(21)15(22-7-23-16)24-12-4-2-9(19)6-11(12)20/h1-7H,21H2,(H2,22,23,24,25).